The lowest BCUT2D eigenvalue weighted by Gasteiger charge is -2.06. The molecule has 0 spiro atoms. The highest BCUT2D eigenvalue weighted by molar-refractivity contribution is 5.77. The lowest BCUT2D eigenvalue weighted by atomic mass is 10.1. The predicted octanol–water partition coefficient (Wildman–Crippen LogP) is 1.03. The highest BCUT2D eigenvalue weighted by atomic mass is 16.5. The van der Waals surface area contributed by atoms with E-state index >= 15 is 0 Å². The molecule has 0 heterocycles. The van der Waals surface area contributed by atoms with Gasteiger partial charge in [0.25, 0.3) is 0 Å². The zero-order chi connectivity index (χ0) is 12.4. The van der Waals surface area contributed by atoms with Gasteiger partial charge in [-0.1, -0.05) is 26.7 Å². The molecule has 0 unspecified atom stereocenters. The van der Waals surface area contributed by atoms with Crippen molar-refractivity contribution in [3.8, 4) is 0 Å². The second kappa shape index (κ2) is 9.15. The molecule has 16 heavy (non-hydrogen) atoms. The quantitative estimate of drug-likeness (QED) is 0.581. The summed E-state index contributed by atoms with van der Waals surface area (Å²) in [6, 6.07) is 0. The predicted molar refractivity (Wildman–Crippen MR) is 60.2 cm³/mol. The Balaban J connectivity index is 3.27. The summed E-state index contributed by atoms with van der Waals surface area (Å²) >= 11 is 0. The number of carboxylic acids is 1. The van der Waals surface area contributed by atoms with E-state index in [0.717, 1.165) is 19.3 Å². The van der Waals surface area contributed by atoms with Gasteiger partial charge in [0, 0.05) is 6.54 Å². The van der Waals surface area contributed by atoms with E-state index in [4.69, 9.17) is 5.11 Å². The van der Waals surface area contributed by atoms with E-state index in [-0.39, 0.29) is 12.5 Å². The first kappa shape index (κ1) is 14.9. The molecule has 5 heteroatoms. The van der Waals surface area contributed by atoms with Crippen molar-refractivity contribution in [2.45, 2.75) is 33.1 Å². The first-order chi connectivity index (χ1) is 7.52. The van der Waals surface area contributed by atoms with Gasteiger partial charge in [0.2, 0.25) is 5.91 Å². The zero-order valence-corrected chi connectivity index (χ0v) is 9.99. The number of carbonyl (C=O) groups is 2. The third-order valence-corrected chi connectivity index (χ3v) is 1.99. The fraction of sp³-hybridized carbons (Fsp3) is 0.818. The van der Waals surface area contributed by atoms with Crippen LogP contribution in [0.2, 0.25) is 0 Å². The molecule has 0 aromatic heterocycles. The van der Waals surface area contributed by atoms with E-state index < -0.39 is 12.6 Å². The highest BCUT2D eigenvalue weighted by Gasteiger charge is 2.02. The van der Waals surface area contributed by atoms with E-state index in [0.29, 0.717) is 12.5 Å². The van der Waals surface area contributed by atoms with E-state index in [9.17, 15) is 9.59 Å². The number of carbonyl (C=O) groups excluding carboxylic acids is 1. The Labute approximate surface area is 96.2 Å². The lowest BCUT2D eigenvalue weighted by Crippen LogP contribution is -2.29. The molecule has 0 aliphatic carbocycles. The maximum Gasteiger partial charge on any atom is 0.329 e. The minimum atomic E-state index is -1.07. The Morgan fingerprint density at radius 1 is 1.25 bits per heavy atom. The van der Waals surface area contributed by atoms with Crippen molar-refractivity contribution in [1.82, 2.24) is 5.32 Å². The maximum atomic E-state index is 11.1. The molecule has 2 N–H and O–H groups in total. The average Bonchev–Trinajstić information content (AvgIpc) is 2.16. The first-order valence-corrected chi connectivity index (χ1v) is 5.58. The third-order valence-electron chi connectivity index (χ3n) is 1.99. The summed E-state index contributed by atoms with van der Waals surface area (Å²) in [5.74, 6) is -0.634. The Kier molecular flexibility index (Phi) is 8.52. The summed E-state index contributed by atoms with van der Waals surface area (Å²) in [7, 11) is 0. The minimum absolute atomic E-state index is 0.184. The monoisotopic (exact) mass is 231 g/mol. The number of rotatable bonds is 9. The smallest absolute Gasteiger partial charge is 0.329 e. The number of hydrogen-bond donors (Lipinski definition) is 2. The fourth-order valence-electron chi connectivity index (χ4n) is 1.19. The van der Waals surface area contributed by atoms with Gasteiger partial charge in [-0.25, -0.2) is 4.79 Å². The Morgan fingerprint density at radius 2 is 1.94 bits per heavy atom. The molecule has 0 saturated heterocycles. The highest BCUT2D eigenvalue weighted by Crippen LogP contribution is 2.04. The molecule has 0 rings (SSSR count). The van der Waals surface area contributed by atoms with E-state index in [1.54, 1.807) is 0 Å². The molecule has 94 valence electrons. The van der Waals surface area contributed by atoms with Crippen LogP contribution in [0.15, 0.2) is 0 Å². The van der Waals surface area contributed by atoms with Crippen molar-refractivity contribution in [3.05, 3.63) is 0 Å². The second-order valence-corrected chi connectivity index (χ2v) is 4.13. The van der Waals surface area contributed by atoms with Gasteiger partial charge in [-0.2, -0.15) is 0 Å². The van der Waals surface area contributed by atoms with Crippen LogP contribution < -0.4 is 5.32 Å². The van der Waals surface area contributed by atoms with Gasteiger partial charge in [-0.15, -0.1) is 0 Å². The largest absolute Gasteiger partial charge is 0.480 e. The summed E-state index contributed by atoms with van der Waals surface area (Å²) in [5.41, 5.74) is 0. The summed E-state index contributed by atoms with van der Waals surface area (Å²) < 4.78 is 4.64. The molecule has 0 fully saturated rings. The molecule has 0 aliphatic rings. The standard InChI is InChI=1S/C11H21NO4/c1-9(2)5-3-4-6-12-10(13)7-16-8-11(14)15/h9H,3-8H2,1-2H3,(H,12,13)(H,14,15). The molecule has 0 saturated carbocycles. The molecule has 1 amide bonds. The van der Waals surface area contributed by atoms with Crippen molar-refractivity contribution >= 4 is 11.9 Å². The van der Waals surface area contributed by atoms with Gasteiger partial charge in [0.15, 0.2) is 0 Å². The minimum Gasteiger partial charge on any atom is -0.480 e. The molecule has 0 radical (unpaired) electrons. The van der Waals surface area contributed by atoms with Crippen LogP contribution in [-0.4, -0.2) is 36.7 Å². The van der Waals surface area contributed by atoms with Crippen LogP contribution in [0.1, 0.15) is 33.1 Å². The van der Waals surface area contributed by atoms with Crippen LogP contribution in [0.25, 0.3) is 0 Å². The summed E-state index contributed by atoms with van der Waals surface area (Å²) in [6.45, 7) is 4.34. The number of unbranched alkanes of at least 4 members (excludes halogenated alkanes) is 1. The van der Waals surface area contributed by atoms with Crippen LogP contribution in [0.5, 0.6) is 0 Å². The summed E-state index contributed by atoms with van der Waals surface area (Å²) in [6.07, 6.45) is 3.20. The molecular weight excluding hydrogens is 210 g/mol. The SMILES string of the molecule is CC(C)CCCCNC(=O)COCC(=O)O. The normalized spacial score (nSPS) is 10.4. The van der Waals surface area contributed by atoms with Gasteiger partial charge < -0.3 is 15.2 Å². The zero-order valence-electron chi connectivity index (χ0n) is 9.99. The molecule has 0 aromatic carbocycles. The number of hydrogen-bond acceptors (Lipinski definition) is 3. The van der Waals surface area contributed by atoms with Crippen LogP contribution in [0.3, 0.4) is 0 Å². The van der Waals surface area contributed by atoms with E-state index in [1.165, 1.54) is 0 Å². The Morgan fingerprint density at radius 3 is 2.50 bits per heavy atom. The van der Waals surface area contributed by atoms with Crippen LogP contribution >= 0.6 is 0 Å². The molecular formula is C11H21NO4. The number of carboxylic acid groups (broad SMARTS) is 1. The van der Waals surface area contributed by atoms with E-state index in [1.807, 2.05) is 0 Å². The van der Waals surface area contributed by atoms with Crippen LogP contribution in [0, 0.1) is 5.92 Å². The van der Waals surface area contributed by atoms with Crippen LogP contribution in [-0.2, 0) is 14.3 Å². The van der Waals surface area contributed by atoms with Gasteiger partial charge in [-0.05, 0) is 12.3 Å². The lowest BCUT2D eigenvalue weighted by molar-refractivity contribution is -0.143. The van der Waals surface area contributed by atoms with Crippen molar-refractivity contribution < 1.29 is 19.4 Å². The summed E-state index contributed by atoms with van der Waals surface area (Å²) in [5, 5.41) is 10.9. The van der Waals surface area contributed by atoms with Crippen molar-refractivity contribution in [2.75, 3.05) is 19.8 Å². The van der Waals surface area contributed by atoms with Gasteiger partial charge >= 0.3 is 5.97 Å². The van der Waals surface area contributed by atoms with E-state index in [2.05, 4.69) is 23.9 Å². The Hall–Kier alpha value is -1.10. The summed E-state index contributed by atoms with van der Waals surface area (Å²) in [4.78, 5) is 21.2. The molecule has 5 nitrogen and oxygen atoms in total. The first-order valence-electron chi connectivity index (χ1n) is 5.58. The number of nitrogens with one attached hydrogen (secondary N) is 1. The van der Waals surface area contributed by atoms with Crippen molar-refractivity contribution in [1.29, 1.82) is 0 Å². The van der Waals surface area contributed by atoms with Crippen molar-refractivity contribution in [2.24, 2.45) is 5.92 Å². The molecule has 0 aliphatic heterocycles. The number of amides is 1. The van der Waals surface area contributed by atoms with Gasteiger partial charge in [-0.3, -0.25) is 4.79 Å². The second-order valence-electron chi connectivity index (χ2n) is 4.13. The topological polar surface area (TPSA) is 75.6 Å². The third kappa shape index (κ3) is 11.0. The van der Waals surface area contributed by atoms with Crippen LogP contribution in [0.4, 0.5) is 0 Å². The maximum absolute atomic E-state index is 11.1. The number of ether oxygens (including phenoxy) is 1. The van der Waals surface area contributed by atoms with Crippen molar-refractivity contribution in [3.63, 3.8) is 0 Å². The average molecular weight is 231 g/mol. The van der Waals surface area contributed by atoms with Gasteiger partial charge in [0.1, 0.15) is 13.2 Å². The molecule has 0 atom stereocenters. The molecule has 0 bridgehead atoms. The number of aliphatic carboxylic acids is 1. The van der Waals surface area contributed by atoms with Gasteiger partial charge in [0.05, 0.1) is 0 Å². The Bertz CT molecular complexity index is 216. The molecule has 0 aromatic rings. The fourth-order valence-corrected chi connectivity index (χ4v) is 1.19.